The number of rotatable bonds is 8. The third-order valence-electron chi connectivity index (χ3n) is 3.15. The van der Waals surface area contributed by atoms with Crippen LogP contribution in [0.2, 0.25) is 0 Å². The predicted octanol–water partition coefficient (Wildman–Crippen LogP) is 0.641. The molecular weight excluding hydrogens is 300 g/mol. The van der Waals surface area contributed by atoms with Gasteiger partial charge in [-0.25, -0.2) is 4.79 Å². The second-order valence-electron chi connectivity index (χ2n) is 4.89. The summed E-state index contributed by atoms with van der Waals surface area (Å²) in [4.78, 5) is 22.5. The maximum absolute atomic E-state index is 11.7. The molecule has 1 aromatic carbocycles. The van der Waals surface area contributed by atoms with Crippen LogP contribution in [0.5, 0.6) is 5.75 Å². The number of aromatic carboxylic acids is 1. The molecule has 0 aliphatic carbocycles. The van der Waals surface area contributed by atoms with Crippen molar-refractivity contribution in [2.75, 3.05) is 13.2 Å². The Kier molecular flexibility index (Phi) is 5.67. The topological polar surface area (TPSA) is 106 Å². The van der Waals surface area contributed by atoms with Gasteiger partial charge in [0, 0.05) is 19.9 Å². The van der Waals surface area contributed by atoms with Crippen LogP contribution in [0.3, 0.4) is 0 Å². The fourth-order valence-corrected chi connectivity index (χ4v) is 1.93. The van der Waals surface area contributed by atoms with Gasteiger partial charge in [-0.3, -0.25) is 4.79 Å². The Bertz CT molecular complexity index is 684. The van der Waals surface area contributed by atoms with Crippen molar-refractivity contribution in [3.05, 3.63) is 42.0 Å². The molecule has 0 radical (unpaired) electrons. The van der Waals surface area contributed by atoms with Crippen molar-refractivity contribution in [3.63, 3.8) is 0 Å². The van der Waals surface area contributed by atoms with Gasteiger partial charge in [-0.15, -0.1) is 10.2 Å². The van der Waals surface area contributed by atoms with Gasteiger partial charge in [-0.2, -0.15) is 0 Å². The number of nitrogens with one attached hydrogen (secondary N) is 1. The van der Waals surface area contributed by atoms with Crippen LogP contribution in [-0.4, -0.2) is 44.9 Å². The molecule has 1 heterocycles. The van der Waals surface area contributed by atoms with E-state index in [1.54, 1.807) is 23.0 Å². The van der Waals surface area contributed by atoms with Gasteiger partial charge in [0.05, 0.1) is 12.1 Å². The van der Waals surface area contributed by atoms with Gasteiger partial charge >= 0.3 is 5.97 Å². The maximum Gasteiger partial charge on any atom is 0.335 e. The van der Waals surface area contributed by atoms with Crippen LogP contribution in [0.25, 0.3) is 0 Å². The molecule has 2 N–H and O–H groups in total. The normalized spacial score (nSPS) is 10.3. The third-order valence-corrected chi connectivity index (χ3v) is 3.15. The molecule has 0 atom stereocenters. The van der Waals surface area contributed by atoms with E-state index in [0.29, 0.717) is 25.1 Å². The number of hydrogen-bond acceptors (Lipinski definition) is 5. The fourth-order valence-electron chi connectivity index (χ4n) is 1.93. The summed E-state index contributed by atoms with van der Waals surface area (Å²) >= 11 is 0. The lowest BCUT2D eigenvalue weighted by Crippen LogP contribution is -2.28. The van der Waals surface area contributed by atoms with Crippen molar-refractivity contribution in [2.24, 2.45) is 7.05 Å². The minimum Gasteiger partial charge on any atom is -0.492 e. The van der Waals surface area contributed by atoms with Crippen molar-refractivity contribution < 1.29 is 19.4 Å². The number of benzene rings is 1. The van der Waals surface area contributed by atoms with Crippen molar-refractivity contribution >= 4 is 11.9 Å². The monoisotopic (exact) mass is 318 g/mol. The first-order valence-electron chi connectivity index (χ1n) is 7.12. The largest absolute Gasteiger partial charge is 0.492 e. The van der Waals surface area contributed by atoms with Gasteiger partial charge < -0.3 is 19.7 Å². The van der Waals surface area contributed by atoms with E-state index in [9.17, 15) is 9.59 Å². The summed E-state index contributed by atoms with van der Waals surface area (Å²) in [5.41, 5.74) is 0.162. The van der Waals surface area contributed by atoms with Crippen LogP contribution in [0.4, 0.5) is 0 Å². The van der Waals surface area contributed by atoms with E-state index >= 15 is 0 Å². The lowest BCUT2D eigenvalue weighted by atomic mass is 10.2. The lowest BCUT2D eigenvalue weighted by Gasteiger charge is -2.08. The van der Waals surface area contributed by atoms with Crippen LogP contribution in [-0.2, 0) is 18.3 Å². The highest BCUT2D eigenvalue weighted by molar-refractivity contribution is 5.88. The van der Waals surface area contributed by atoms with Crippen LogP contribution < -0.4 is 10.1 Å². The Morgan fingerprint density at radius 2 is 2.22 bits per heavy atom. The minimum absolute atomic E-state index is 0.101. The summed E-state index contributed by atoms with van der Waals surface area (Å²) in [7, 11) is 1.83. The SMILES string of the molecule is Cn1cnnc1CCC(=O)NCCOc1cccc(C(=O)O)c1. The fraction of sp³-hybridized carbons (Fsp3) is 0.333. The summed E-state index contributed by atoms with van der Waals surface area (Å²) in [6.45, 7) is 0.605. The smallest absolute Gasteiger partial charge is 0.335 e. The van der Waals surface area contributed by atoms with E-state index in [-0.39, 0.29) is 18.1 Å². The zero-order valence-corrected chi connectivity index (χ0v) is 12.7. The molecular formula is C15H18N4O4. The lowest BCUT2D eigenvalue weighted by molar-refractivity contribution is -0.121. The van der Waals surface area contributed by atoms with E-state index in [1.165, 1.54) is 12.1 Å². The van der Waals surface area contributed by atoms with E-state index in [2.05, 4.69) is 15.5 Å². The van der Waals surface area contributed by atoms with Gasteiger partial charge in [0.25, 0.3) is 0 Å². The number of amides is 1. The van der Waals surface area contributed by atoms with Gasteiger partial charge in [-0.1, -0.05) is 6.07 Å². The number of hydrogen-bond donors (Lipinski definition) is 2. The molecule has 0 saturated heterocycles. The third kappa shape index (κ3) is 5.10. The second kappa shape index (κ2) is 7.92. The van der Waals surface area contributed by atoms with Crippen LogP contribution in [0.1, 0.15) is 22.6 Å². The first-order valence-corrected chi connectivity index (χ1v) is 7.12. The van der Waals surface area contributed by atoms with Crippen LogP contribution >= 0.6 is 0 Å². The maximum atomic E-state index is 11.7. The molecule has 0 unspecified atom stereocenters. The molecule has 8 heteroatoms. The van der Waals surface area contributed by atoms with Crippen molar-refractivity contribution in [1.82, 2.24) is 20.1 Å². The molecule has 0 aliphatic heterocycles. The zero-order valence-electron chi connectivity index (χ0n) is 12.7. The minimum atomic E-state index is -1.01. The Hall–Kier alpha value is -2.90. The number of aromatic nitrogens is 3. The standard InChI is InChI=1S/C15H18N4O4/c1-19-10-17-18-13(19)5-6-14(20)16-7-8-23-12-4-2-3-11(9-12)15(21)22/h2-4,9-10H,5-8H2,1H3,(H,16,20)(H,21,22). The molecule has 0 fully saturated rings. The molecule has 1 amide bonds. The number of aryl methyl sites for hydroxylation is 2. The van der Waals surface area contributed by atoms with Gasteiger partial charge in [0.2, 0.25) is 5.91 Å². The summed E-state index contributed by atoms with van der Waals surface area (Å²) in [6.07, 6.45) is 2.43. The first-order chi connectivity index (χ1) is 11.1. The number of nitrogens with zero attached hydrogens (tertiary/aromatic N) is 3. The van der Waals surface area contributed by atoms with E-state index in [4.69, 9.17) is 9.84 Å². The number of carbonyl (C=O) groups is 2. The zero-order chi connectivity index (χ0) is 16.7. The highest BCUT2D eigenvalue weighted by Gasteiger charge is 2.06. The summed E-state index contributed by atoms with van der Waals surface area (Å²) in [5, 5.41) is 19.3. The number of carboxylic acids is 1. The molecule has 0 aliphatic rings. The van der Waals surface area contributed by atoms with Crippen LogP contribution in [0, 0.1) is 0 Å². The highest BCUT2D eigenvalue weighted by Crippen LogP contribution is 2.12. The van der Waals surface area contributed by atoms with Gasteiger partial charge in [-0.05, 0) is 18.2 Å². The quantitative estimate of drug-likeness (QED) is 0.692. The summed E-state index contributed by atoms with van der Waals surface area (Å²) < 4.78 is 7.18. The second-order valence-corrected chi connectivity index (χ2v) is 4.89. The first kappa shape index (κ1) is 16.5. The predicted molar refractivity (Wildman–Crippen MR) is 81.2 cm³/mol. The Balaban J connectivity index is 1.67. The number of ether oxygens (including phenoxy) is 1. The molecule has 8 nitrogen and oxygen atoms in total. The summed E-state index contributed by atoms with van der Waals surface area (Å²) in [5.74, 6) is 0.100. The highest BCUT2D eigenvalue weighted by atomic mass is 16.5. The van der Waals surface area contributed by atoms with E-state index in [1.807, 2.05) is 7.05 Å². The molecule has 0 bridgehead atoms. The van der Waals surface area contributed by atoms with Crippen molar-refractivity contribution in [2.45, 2.75) is 12.8 Å². The molecule has 122 valence electrons. The van der Waals surface area contributed by atoms with E-state index in [0.717, 1.165) is 5.82 Å². The van der Waals surface area contributed by atoms with Gasteiger partial charge in [0.15, 0.2) is 0 Å². The van der Waals surface area contributed by atoms with Crippen LogP contribution in [0.15, 0.2) is 30.6 Å². The molecule has 2 aromatic rings. The Morgan fingerprint density at radius 1 is 1.39 bits per heavy atom. The molecule has 0 spiro atoms. The van der Waals surface area contributed by atoms with Crippen molar-refractivity contribution in [1.29, 1.82) is 0 Å². The average Bonchev–Trinajstić information content (AvgIpc) is 2.95. The Morgan fingerprint density at radius 3 is 2.91 bits per heavy atom. The van der Waals surface area contributed by atoms with Gasteiger partial charge in [0.1, 0.15) is 24.5 Å². The molecule has 2 rings (SSSR count). The number of carbonyl (C=O) groups excluding carboxylic acids is 1. The Labute approximate surface area is 133 Å². The van der Waals surface area contributed by atoms with Crippen molar-refractivity contribution in [3.8, 4) is 5.75 Å². The average molecular weight is 318 g/mol. The molecule has 0 saturated carbocycles. The van der Waals surface area contributed by atoms with E-state index < -0.39 is 5.97 Å². The molecule has 1 aromatic heterocycles. The summed E-state index contributed by atoms with van der Waals surface area (Å²) in [6, 6.07) is 6.21. The number of carboxylic acid groups (broad SMARTS) is 1. The molecule has 23 heavy (non-hydrogen) atoms.